The average Bonchev–Trinajstić information content (AvgIpc) is 2.92. The SMILES string of the molecule is O=C(CCc1cn2ccccc2n1)N1C[C@H]2CC[C@@H]1CN(c1ncccn1)C2. The van der Waals surface area contributed by atoms with Gasteiger partial charge in [0.05, 0.1) is 5.69 Å². The standard InChI is InChI=1S/C21H24N6O/c28-20(8-6-17-14-25-11-2-1-4-19(25)24-17)27-13-16-5-7-18(27)15-26(12-16)21-22-9-3-10-23-21/h1-4,9-11,14,16,18H,5-8,12-13,15H2/t16-,18+/m0/s1. The summed E-state index contributed by atoms with van der Waals surface area (Å²) in [6.07, 6.45) is 11.0. The summed E-state index contributed by atoms with van der Waals surface area (Å²) < 4.78 is 2.01. The van der Waals surface area contributed by atoms with Crippen LogP contribution < -0.4 is 4.90 Å². The number of fused-ring (bicyclic) bond motifs is 5. The Hall–Kier alpha value is -2.96. The van der Waals surface area contributed by atoms with Crippen molar-refractivity contribution in [2.45, 2.75) is 31.7 Å². The van der Waals surface area contributed by atoms with Crippen LogP contribution in [0, 0.1) is 5.92 Å². The Labute approximate surface area is 164 Å². The fraction of sp³-hybridized carbons (Fsp3) is 0.429. The molecule has 0 aliphatic carbocycles. The Morgan fingerprint density at radius 1 is 1.07 bits per heavy atom. The molecule has 0 aromatic carbocycles. The van der Waals surface area contributed by atoms with Gasteiger partial charge in [-0.15, -0.1) is 0 Å². The van der Waals surface area contributed by atoms with Crippen molar-refractivity contribution in [3.63, 3.8) is 0 Å². The maximum absolute atomic E-state index is 13.0. The molecule has 1 amide bonds. The zero-order valence-electron chi connectivity index (χ0n) is 15.8. The largest absolute Gasteiger partial charge is 0.338 e. The Bertz CT molecular complexity index is 938. The number of aromatic nitrogens is 4. The second-order valence-corrected chi connectivity index (χ2v) is 7.80. The van der Waals surface area contributed by atoms with Gasteiger partial charge in [-0.3, -0.25) is 4.79 Å². The molecule has 2 atom stereocenters. The Morgan fingerprint density at radius 2 is 1.96 bits per heavy atom. The summed E-state index contributed by atoms with van der Waals surface area (Å²) in [5, 5.41) is 0. The van der Waals surface area contributed by atoms with Crippen LogP contribution in [0.25, 0.3) is 5.65 Å². The topological polar surface area (TPSA) is 66.6 Å². The maximum Gasteiger partial charge on any atom is 0.225 e. The molecular formula is C21H24N6O. The number of carbonyl (C=O) groups excluding carboxylic acids is 1. The highest BCUT2D eigenvalue weighted by atomic mass is 16.2. The van der Waals surface area contributed by atoms with Gasteiger partial charge in [0.2, 0.25) is 11.9 Å². The molecule has 28 heavy (non-hydrogen) atoms. The first-order chi connectivity index (χ1) is 13.8. The minimum Gasteiger partial charge on any atom is -0.338 e. The van der Waals surface area contributed by atoms with Crippen LogP contribution in [-0.2, 0) is 11.2 Å². The first kappa shape index (κ1) is 17.2. The van der Waals surface area contributed by atoms with Crippen molar-refractivity contribution < 1.29 is 4.79 Å². The molecule has 3 aliphatic heterocycles. The molecule has 0 radical (unpaired) electrons. The van der Waals surface area contributed by atoms with Gasteiger partial charge in [0.25, 0.3) is 0 Å². The van der Waals surface area contributed by atoms with Gasteiger partial charge in [-0.1, -0.05) is 6.07 Å². The summed E-state index contributed by atoms with van der Waals surface area (Å²) in [5.41, 5.74) is 1.90. The van der Waals surface area contributed by atoms with Crippen LogP contribution in [0.3, 0.4) is 0 Å². The number of rotatable bonds is 4. The molecule has 6 heterocycles. The average molecular weight is 376 g/mol. The van der Waals surface area contributed by atoms with Gasteiger partial charge in [0.15, 0.2) is 0 Å². The first-order valence-electron chi connectivity index (χ1n) is 10.0. The zero-order valence-corrected chi connectivity index (χ0v) is 15.8. The molecule has 0 N–H and O–H groups in total. The van der Waals surface area contributed by atoms with E-state index in [1.807, 2.05) is 41.1 Å². The molecule has 0 unspecified atom stereocenters. The number of carbonyl (C=O) groups is 1. The Kier molecular flexibility index (Phi) is 4.43. The smallest absolute Gasteiger partial charge is 0.225 e. The molecule has 2 bridgehead atoms. The fourth-order valence-corrected chi connectivity index (χ4v) is 4.49. The van der Waals surface area contributed by atoms with E-state index in [-0.39, 0.29) is 11.9 Å². The quantitative estimate of drug-likeness (QED) is 0.698. The lowest BCUT2D eigenvalue weighted by molar-refractivity contribution is -0.135. The number of imidazole rings is 1. The van der Waals surface area contributed by atoms with Crippen LogP contribution in [0.1, 0.15) is 25.0 Å². The van der Waals surface area contributed by atoms with Crippen molar-refractivity contribution in [2.75, 3.05) is 24.5 Å². The molecule has 3 aromatic heterocycles. The van der Waals surface area contributed by atoms with E-state index in [2.05, 4.69) is 24.8 Å². The van der Waals surface area contributed by atoms with Crippen molar-refractivity contribution in [1.82, 2.24) is 24.3 Å². The molecular weight excluding hydrogens is 352 g/mol. The predicted molar refractivity (Wildman–Crippen MR) is 106 cm³/mol. The lowest BCUT2D eigenvalue weighted by Crippen LogP contribution is -2.47. The number of amides is 1. The van der Waals surface area contributed by atoms with E-state index in [4.69, 9.17) is 0 Å². The van der Waals surface area contributed by atoms with E-state index in [1.165, 1.54) is 6.42 Å². The van der Waals surface area contributed by atoms with E-state index < -0.39 is 0 Å². The highest BCUT2D eigenvalue weighted by molar-refractivity contribution is 5.77. The van der Waals surface area contributed by atoms with E-state index in [0.29, 0.717) is 18.8 Å². The van der Waals surface area contributed by atoms with Crippen molar-refractivity contribution in [3.8, 4) is 0 Å². The van der Waals surface area contributed by atoms with E-state index in [0.717, 1.165) is 43.3 Å². The number of hydrogen-bond donors (Lipinski definition) is 0. The van der Waals surface area contributed by atoms with E-state index in [1.54, 1.807) is 12.4 Å². The second-order valence-electron chi connectivity index (χ2n) is 7.80. The van der Waals surface area contributed by atoms with Gasteiger partial charge < -0.3 is 14.2 Å². The van der Waals surface area contributed by atoms with Crippen LogP contribution in [0.2, 0.25) is 0 Å². The molecule has 7 nitrogen and oxygen atoms in total. The van der Waals surface area contributed by atoms with Gasteiger partial charge in [0.1, 0.15) is 5.65 Å². The van der Waals surface area contributed by atoms with Gasteiger partial charge >= 0.3 is 0 Å². The van der Waals surface area contributed by atoms with Gasteiger partial charge in [-0.25, -0.2) is 15.0 Å². The lowest BCUT2D eigenvalue weighted by atomic mass is 9.94. The monoisotopic (exact) mass is 376 g/mol. The number of aryl methyl sites for hydroxylation is 1. The van der Waals surface area contributed by atoms with Crippen LogP contribution in [0.4, 0.5) is 5.95 Å². The summed E-state index contributed by atoms with van der Waals surface area (Å²) in [7, 11) is 0. The van der Waals surface area contributed by atoms with Gasteiger partial charge in [-0.05, 0) is 43.4 Å². The lowest BCUT2D eigenvalue weighted by Gasteiger charge is -2.36. The van der Waals surface area contributed by atoms with Gasteiger partial charge in [-0.2, -0.15) is 0 Å². The van der Waals surface area contributed by atoms with Crippen LogP contribution in [0.5, 0.6) is 0 Å². The normalized spacial score (nSPS) is 21.9. The molecule has 0 spiro atoms. The fourth-order valence-electron chi connectivity index (χ4n) is 4.49. The maximum atomic E-state index is 13.0. The van der Waals surface area contributed by atoms with Crippen LogP contribution >= 0.6 is 0 Å². The minimum atomic E-state index is 0.239. The molecule has 3 fully saturated rings. The highest BCUT2D eigenvalue weighted by Crippen LogP contribution is 2.30. The van der Waals surface area contributed by atoms with Crippen molar-refractivity contribution in [2.24, 2.45) is 5.92 Å². The summed E-state index contributed by atoms with van der Waals surface area (Å²) in [6, 6.07) is 8.04. The molecule has 3 aromatic rings. The molecule has 3 aliphatic rings. The Morgan fingerprint density at radius 3 is 2.82 bits per heavy atom. The number of hydrogen-bond acceptors (Lipinski definition) is 5. The molecule has 144 valence electrons. The zero-order chi connectivity index (χ0) is 18.9. The minimum absolute atomic E-state index is 0.239. The summed E-state index contributed by atoms with van der Waals surface area (Å²) >= 11 is 0. The molecule has 3 saturated heterocycles. The van der Waals surface area contributed by atoms with Crippen molar-refractivity contribution in [3.05, 3.63) is 54.7 Å². The van der Waals surface area contributed by atoms with Crippen LogP contribution in [-0.4, -0.2) is 55.8 Å². The summed E-state index contributed by atoms with van der Waals surface area (Å²) in [5.74, 6) is 1.50. The number of pyridine rings is 1. The number of nitrogens with zero attached hydrogens (tertiary/aromatic N) is 6. The number of anilines is 1. The third-order valence-electron chi connectivity index (χ3n) is 5.88. The predicted octanol–water partition coefficient (Wildman–Crippen LogP) is 2.18. The highest BCUT2D eigenvalue weighted by Gasteiger charge is 2.37. The van der Waals surface area contributed by atoms with E-state index >= 15 is 0 Å². The van der Waals surface area contributed by atoms with Crippen LogP contribution in [0.15, 0.2) is 49.1 Å². The third-order valence-corrected chi connectivity index (χ3v) is 5.88. The first-order valence-corrected chi connectivity index (χ1v) is 10.0. The number of piperidine rings is 1. The van der Waals surface area contributed by atoms with Crippen molar-refractivity contribution >= 4 is 17.5 Å². The van der Waals surface area contributed by atoms with E-state index in [9.17, 15) is 4.79 Å². The van der Waals surface area contributed by atoms with Crippen molar-refractivity contribution in [1.29, 1.82) is 0 Å². The molecule has 6 rings (SSSR count). The third kappa shape index (κ3) is 3.32. The summed E-state index contributed by atoms with van der Waals surface area (Å²) in [4.78, 5) is 30.8. The Balaban J connectivity index is 1.26. The summed E-state index contributed by atoms with van der Waals surface area (Å²) in [6.45, 7) is 2.59. The second kappa shape index (κ2) is 7.22. The van der Waals surface area contributed by atoms with Gasteiger partial charge in [0, 0.05) is 56.9 Å². The molecule has 0 saturated carbocycles. The molecule has 7 heteroatoms.